The molecule has 2 nitrogen and oxygen atoms in total. The standard InChI is InChI=1S/C10H21NOS/c1-9(2,3)11-7-8-13(12)10(4,5)6/h7-8,11H,1-6H3/b8-7-. The second-order valence-electron chi connectivity index (χ2n) is 5.11. The van der Waals surface area contributed by atoms with Gasteiger partial charge in [-0.2, -0.15) is 0 Å². The Morgan fingerprint density at radius 2 is 1.54 bits per heavy atom. The Hall–Kier alpha value is -0.310. The van der Waals surface area contributed by atoms with Crippen LogP contribution in [-0.4, -0.2) is 14.5 Å². The summed E-state index contributed by atoms with van der Waals surface area (Å²) < 4.78 is 11.4. The SMILES string of the molecule is CC(C)(C)N/C=C\S(=O)C(C)(C)C. The van der Waals surface area contributed by atoms with Crippen LogP contribution in [0, 0.1) is 0 Å². The molecule has 1 unspecified atom stereocenters. The summed E-state index contributed by atoms with van der Waals surface area (Å²) in [5.41, 5.74) is 0.0403. The normalized spacial score (nSPS) is 16.2. The lowest BCUT2D eigenvalue weighted by atomic mass is 10.1. The van der Waals surface area contributed by atoms with Crippen molar-refractivity contribution < 1.29 is 4.21 Å². The van der Waals surface area contributed by atoms with Crippen molar-refractivity contribution >= 4 is 10.8 Å². The van der Waals surface area contributed by atoms with Crippen LogP contribution < -0.4 is 5.32 Å². The smallest absolute Gasteiger partial charge is 0.0524 e. The lowest BCUT2D eigenvalue weighted by Gasteiger charge is -2.19. The van der Waals surface area contributed by atoms with Crippen LogP contribution in [0.15, 0.2) is 11.6 Å². The Kier molecular flexibility index (Phi) is 4.17. The first-order valence-corrected chi connectivity index (χ1v) is 5.69. The summed E-state index contributed by atoms with van der Waals surface area (Å²) >= 11 is 0. The molecule has 1 atom stereocenters. The molecule has 3 heteroatoms. The molecule has 0 bridgehead atoms. The van der Waals surface area contributed by atoms with E-state index in [1.807, 2.05) is 20.8 Å². The molecule has 1 N–H and O–H groups in total. The van der Waals surface area contributed by atoms with E-state index in [9.17, 15) is 4.21 Å². The highest BCUT2D eigenvalue weighted by Gasteiger charge is 2.16. The molecule has 78 valence electrons. The maximum Gasteiger partial charge on any atom is 0.0524 e. The summed E-state index contributed by atoms with van der Waals surface area (Å²) in [5.74, 6) is 0. The lowest BCUT2D eigenvalue weighted by Crippen LogP contribution is -2.31. The first-order chi connectivity index (χ1) is 5.63. The molecule has 0 saturated carbocycles. The minimum absolute atomic E-state index is 0.0403. The molecule has 0 aliphatic rings. The molecule has 0 radical (unpaired) electrons. The molecular formula is C10H21NOS. The molecule has 13 heavy (non-hydrogen) atoms. The van der Waals surface area contributed by atoms with Crippen LogP contribution in [0.2, 0.25) is 0 Å². The Balaban J connectivity index is 4.09. The fourth-order valence-corrected chi connectivity index (χ4v) is 1.15. The van der Waals surface area contributed by atoms with Crippen molar-refractivity contribution in [2.24, 2.45) is 0 Å². The van der Waals surface area contributed by atoms with Gasteiger partial charge in [-0.05, 0) is 41.5 Å². The van der Waals surface area contributed by atoms with E-state index < -0.39 is 10.8 Å². The summed E-state index contributed by atoms with van der Waals surface area (Å²) in [6.07, 6.45) is 1.78. The van der Waals surface area contributed by atoms with Gasteiger partial charge in [-0.1, -0.05) is 0 Å². The maximum absolute atomic E-state index is 11.5. The van der Waals surface area contributed by atoms with E-state index in [0.717, 1.165) is 0 Å². The van der Waals surface area contributed by atoms with Crippen molar-refractivity contribution in [2.45, 2.75) is 51.8 Å². The number of hydrogen-bond donors (Lipinski definition) is 1. The van der Waals surface area contributed by atoms with Crippen LogP contribution >= 0.6 is 0 Å². The Morgan fingerprint density at radius 3 is 1.85 bits per heavy atom. The predicted octanol–water partition coefficient (Wildman–Crippen LogP) is 2.39. The van der Waals surface area contributed by atoms with Gasteiger partial charge in [0.05, 0.1) is 10.8 Å². The van der Waals surface area contributed by atoms with Crippen molar-refractivity contribution in [3.05, 3.63) is 11.6 Å². The summed E-state index contributed by atoms with van der Waals surface area (Å²) in [7, 11) is -0.915. The van der Waals surface area contributed by atoms with E-state index in [0.29, 0.717) is 0 Å². The highest BCUT2D eigenvalue weighted by Crippen LogP contribution is 2.11. The molecule has 0 fully saturated rings. The van der Waals surface area contributed by atoms with E-state index in [4.69, 9.17) is 0 Å². The summed E-state index contributed by atoms with van der Waals surface area (Å²) in [5, 5.41) is 4.86. The van der Waals surface area contributed by atoms with Crippen molar-refractivity contribution in [1.82, 2.24) is 5.32 Å². The van der Waals surface area contributed by atoms with E-state index in [1.165, 1.54) is 0 Å². The van der Waals surface area contributed by atoms with Gasteiger partial charge in [0.2, 0.25) is 0 Å². The molecule has 0 aromatic rings. The molecule has 0 amide bonds. The van der Waals surface area contributed by atoms with E-state index in [1.54, 1.807) is 11.6 Å². The van der Waals surface area contributed by atoms with Gasteiger partial charge in [0.1, 0.15) is 0 Å². The third-order valence-corrected chi connectivity index (χ3v) is 2.90. The van der Waals surface area contributed by atoms with Crippen molar-refractivity contribution in [1.29, 1.82) is 0 Å². The second-order valence-corrected chi connectivity index (χ2v) is 7.20. The molecule has 0 spiro atoms. The fourth-order valence-electron chi connectivity index (χ4n) is 0.550. The minimum Gasteiger partial charge on any atom is -0.386 e. The number of rotatable bonds is 2. The summed E-state index contributed by atoms with van der Waals surface area (Å²) in [4.78, 5) is 0. The second kappa shape index (κ2) is 4.27. The quantitative estimate of drug-likeness (QED) is 0.746. The van der Waals surface area contributed by atoms with Crippen molar-refractivity contribution in [3.63, 3.8) is 0 Å². The molecule has 0 heterocycles. The zero-order valence-corrected chi connectivity index (χ0v) is 10.3. The molecule has 0 aromatic carbocycles. The van der Waals surface area contributed by atoms with Gasteiger partial charge in [-0.25, -0.2) is 0 Å². The average molecular weight is 203 g/mol. The minimum atomic E-state index is -0.915. The Labute approximate surface area is 84.3 Å². The van der Waals surface area contributed by atoms with Gasteiger partial charge >= 0.3 is 0 Å². The van der Waals surface area contributed by atoms with Crippen LogP contribution in [-0.2, 0) is 10.8 Å². The molecule has 0 rings (SSSR count). The summed E-state index contributed by atoms with van der Waals surface area (Å²) in [6, 6.07) is 0. The monoisotopic (exact) mass is 203 g/mol. The van der Waals surface area contributed by atoms with Crippen LogP contribution in [0.4, 0.5) is 0 Å². The zero-order chi connectivity index (χ0) is 10.7. The van der Waals surface area contributed by atoms with E-state index in [2.05, 4.69) is 26.1 Å². The fraction of sp³-hybridized carbons (Fsp3) is 0.800. The molecule has 0 aromatic heterocycles. The number of hydrogen-bond acceptors (Lipinski definition) is 2. The van der Waals surface area contributed by atoms with Gasteiger partial charge in [0.25, 0.3) is 0 Å². The summed E-state index contributed by atoms with van der Waals surface area (Å²) in [6.45, 7) is 12.1. The average Bonchev–Trinajstić information content (AvgIpc) is 1.82. The highest BCUT2D eigenvalue weighted by molar-refractivity contribution is 7.89. The first kappa shape index (κ1) is 12.7. The zero-order valence-electron chi connectivity index (χ0n) is 9.47. The van der Waals surface area contributed by atoms with Crippen LogP contribution in [0.25, 0.3) is 0 Å². The van der Waals surface area contributed by atoms with Gasteiger partial charge < -0.3 is 5.32 Å². The topological polar surface area (TPSA) is 29.1 Å². The Bertz CT molecular complexity index is 208. The van der Waals surface area contributed by atoms with Crippen LogP contribution in [0.5, 0.6) is 0 Å². The third kappa shape index (κ3) is 6.82. The molecule has 0 aliphatic heterocycles. The van der Waals surface area contributed by atoms with E-state index >= 15 is 0 Å². The maximum atomic E-state index is 11.5. The molecular weight excluding hydrogens is 182 g/mol. The predicted molar refractivity (Wildman–Crippen MR) is 59.9 cm³/mol. The third-order valence-electron chi connectivity index (χ3n) is 1.31. The Morgan fingerprint density at radius 1 is 1.08 bits per heavy atom. The molecule has 0 saturated heterocycles. The highest BCUT2D eigenvalue weighted by atomic mass is 32.2. The lowest BCUT2D eigenvalue weighted by molar-refractivity contribution is 0.491. The van der Waals surface area contributed by atoms with Crippen LogP contribution in [0.1, 0.15) is 41.5 Å². The van der Waals surface area contributed by atoms with Gasteiger partial charge in [0, 0.05) is 21.9 Å². The van der Waals surface area contributed by atoms with Crippen LogP contribution in [0.3, 0.4) is 0 Å². The first-order valence-electron chi connectivity index (χ1n) is 4.48. The van der Waals surface area contributed by atoms with Crippen molar-refractivity contribution in [3.8, 4) is 0 Å². The van der Waals surface area contributed by atoms with Crippen molar-refractivity contribution in [2.75, 3.05) is 0 Å². The van der Waals surface area contributed by atoms with E-state index in [-0.39, 0.29) is 10.3 Å². The molecule has 0 aliphatic carbocycles. The van der Waals surface area contributed by atoms with Gasteiger partial charge in [-0.15, -0.1) is 0 Å². The largest absolute Gasteiger partial charge is 0.386 e. The van der Waals surface area contributed by atoms with Gasteiger partial charge in [-0.3, -0.25) is 4.21 Å². The number of nitrogens with one attached hydrogen (secondary N) is 1. The van der Waals surface area contributed by atoms with Gasteiger partial charge in [0.15, 0.2) is 0 Å².